The molecule has 80 valence electrons. The first-order chi connectivity index (χ1) is 6.31. The molecular formula is C11H26N2. The van der Waals surface area contributed by atoms with Gasteiger partial charge >= 0.3 is 0 Å². The van der Waals surface area contributed by atoms with Crippen molar-refractivity contribution in [2.24, 2.45) is 11.5 Å². The predicted octanol–water partition coefficient (Wildman–Crippen LogP) is 2.41. The van der Waals surface area contributed by atoms with E-state index in [2.05, 4.69) is 6.92 Å². The summed E-state index contributed by atoms with van der Waals surface area (Å²) in [6, 6.07) is 0.420. The molecule has 2 heteroatoms. The van der Waals surface area contributed by atoms with Gasteiger partial charge in [0.1, 0.15) is 0 Å². The average Bonchev–Trinajstić information content (AvgIpc) is 2.13. The van der Waals surface area contributed by atoms with Gasteiger partial charge in [0.25, 0.3) is 0 Å². The average molecular weight is 186 g/mol. The smallest absolute Gasteiger partial charge is 0.00388 e. The van der Waals surface area contributed by atoms with E-state index in [4.69, 9.17) is 11.5 Å². The normalized spacial score (nSPS) is 13.2. The fraction of sp³-hybridized carbons (Fsp3) is 1.00. The Bertz CT molecular complexity index is 94.1. The highest BCUT2D eigenvalue weighted by molar-refractivity contribution is 4.61. The Morgan fingerprint density at radius 3 is 2.08 bits per heavy atom. The van der Waals surface area contributed by atoms with Gasteiger partial charge in [-0.2, -0.15) is 0 Å². The maximum Gasteiger partial charge on any atom is 0.00388 e. The summed E-state index contributed by atoms with van der Waals surface area (Å²) in [7, 11) is 0. The molecule has 1 atom stereocenters. The molecule has 4 N–H and O–H groups in total. The highest BCUT2D eigenvalue weighted by Gasteiger charge is 2.00. The molecule has 0 aromatic heterocycles. The van der Waals surface area contributed by atoms with E-state index < -0.39 is 0 Å². The Morgan fingerprint density at radius 1 is 0.923 bits per heavy atom. The lowest BCUT2D eigenvalue weighted by atomic mass is 10.0. The Labute approximate surface area is 83.1 Å². The van der Waals surface area contributed by atoms with E-state index in [9.17, 15) is 0 Å². The van der Waals surface area contributed by atoms with E-state index >= 15 is 0 Å². The number of unbranched alkanes of at least 4 members (excludes halogenated alkanes) is 4. The minimum absolute atomic E-state index is 0.420. The van der Waals surface area contributed by atoms with Crippen LogP contribution in [0, 0.1) is 0 Å². The lowest BCUT2D eigenvalue weighted by molar-refractivity contribution is 0.501. The molecule has 0 aromatic carbocycles. The monoisotopic (exact) mass is 186 g/mol. The van der Waals surface area contributed by atoms with Gasteiger partial charge in [0, 0.05) is 6.04 Å². The van der Waals surface area contributed by atoms with Crippen molar-refractivity contribution in [3.05, 3.63) is 0 Å². The van der Waals surface area contributed by atoms with Gasteiger partial charge < -0.3 is 11.5 Å². The largest absolute Gasteiger partial charge is 0.330 e. The third-order valence-corrected chi connectivity index (χ3v) is 2.46. The van der Waals surface area contributed by atoms with Crippen molar-refractivity contribution in [1.29, 1.82) is 0 Å². The number of hydrogen-bond acceptors (Lipinski definition) is 2. The molecule has 0 amide bonds. The van der Waals surface area contributed by atoms with Crippen LogP contribution in [0.1, 0.15) is 58.3 Å². The van der Waals surface area contributed by atoms with E-state index in [1.54, 1.807) is 0 Å². The zero-order valence-electron chi connectivity index (χ0n) is 9.10. The van der Waals surface area contributed by atoms with Crippen molar-refractivity contribution in [3.8, 4) is 0 Å². The Morgan fingerprint density at radius 2 is 1.54 bits per heavy atom. The summed E-state index contributed by atoms with van der Waals surface area (Å²) in [4.78, 5) is 0. The van der Waals surface area contributed by atoms with Gasteiger partial charge in [-0.25, -0.2) is 0 Å². The third-order valence-electron chi connectivity index (χ3n) is 2.46. The van der Waals surface area contributed by atoms with E-state index in [0.717, 1.165) is 19.4 Å². The van der Waals surface area contributed by atoms with E-state index in [-0.39, 0.29) is 0 Å². The molecule has 0 saturated heterocycles. The van der Waals surface area contributed by atoms with Crippen molar-refractivity contribution >= 4 is 0 Å². The third kappa shape index (κ3) is 9.84. The second kappa shape index (κ2) is 10.0. The molecule has 0 rings (SSSR count). The second-order valence-corrected chi connectivity index (χ2v) is 3.89. The summed E-state index contributed by atoms with van der Waals surface area (Å²) in [5.41, 5.74) is 11.4. The van der Waals surface area contributed by atoms with Crippen molar-refractivity contribution < 1.29 is 0 Å². The molecule has 0 aliphatic rings. The van der Waals surface area contributed by atoms with Crippen molar-refractivity contribution in [2.45, 2.75) is 64.3 Å². The molecule has 13 heavy (non-hydrogen) atoms. The van der Waals surface area contributed by atoms with Crippen LogP contribution in [-0.4, -0.2) is 12.6 Å². The molecule has 0 aliphatic carbocycles. The van der Waals surface area contributed by atoms with E-state index in [0.29, 0.717) is 6.04 Å². The minimum Gasteiger partial charge on any atom is -0.330 e. The zero-order chi connectivity index (χ0) is 9.94. The lowest BCUT2D eigenvalue weighted by Gasteiger charge is -2.10. The molecule has 0 heterocycles. The molecular weight excluding hydrogens is 160 g/mol. The predicted molar refractivity (Wildman–Crippen MR) is 59.6 cm³/mol. The van der Waals surface area contributed by atoms with Crippen LogP contribution in [0.2, 0.25) is 0 Å². The van der Waals surface area contributed by atoms with Gasteiger partial charge in [-0.05, 0) is 25.8 Å². The summed E-state index contributed by atoms with van der Waals surface area (Å²) in [5.74, 6) is 0. The van der Waals surface area contributed by atoms with Gasteiger partial charge in [-0.15, -0.1) is 0 Å². The standard InChI is InChI=1S/C11H26N2/c1-2-3-4-5-8-11(13)9-6-7-10-12/h11H,2-10,12-13H2,1H3. The van der Waals surface area contributed by atoms with Crippen molar-refractivity contribution in [2.75, 3.05) is 6.54 Å². The summed E-state index contributed by atoms with van der Waals surface area (Å²) in [6.45, 7) is 3.05. The quantitative estimate of drug-likeness (QED) is 0.543. The van der Waals surface area contributed by atoms with Crippen LogP contribution < -0.4 is 11.5 Å². The maximum atomic E-state index is 5.96. The van der Waals surface area contributed by atoms with Gasteiger partial charge in [-0.1, -0.05) is 39.0 Å². The van der Waals surface area contributed by atoms with Crippen molar-refractivity contribution in [1.82, 2.24) is 0 Å². The fourth-order valence-electron chi connectivity index (χ4n) is 1.53. The number of rotatable bonds is 9. The summed E-state index contributed by atoms with van der Waals surface area (Å²) >= 11 is 0. The SMILES string of the molecule is CCCCCCC(N)CCCCN. The zero-order valence-corrected chi connectivity index (χ0v) is 9.10. The topological polar surface area (TPSA) is 52.0 Å². The fourth-order valence-corrected chi connectivity index (χ4v) is 1.53. The second-order valence-electron chi connectivity index (χ2n) is 3.89. The van der Waals surface area contributed by atoms with Crippen LogP contribution in [0.5, 0.6) is 0 Å². The molecule has 0 radical (unpaired) electrons. The Kier molecular flexibility index (Phi) is 9.94. The summed E-state index contributed by atoms with van der Waals surface area (Å²) < 4.78 is 0. The lowest BCUT2D eigenvalue weighted by Crippen LogP contribution is -2.19. The first-order valence-electron chi connectivity index (χ1n) is 5.77. The van der Waals surface area contributed by atoms with Crippen LogP contribution in [0.4, 0.5) is 0 Å². The molecule has 0 bridgehead atoms. The molecule has 0 aliphatic heterocycles. The molecule has 0 fully saturated rings. The van der Waals surface area contributed by atoms with Crippen LogP contribution in [0.3, 0.4) is 0 Å². The summed E-state index contributed by atoms with van der Waals surface area (Å²) in [5, 5.41) is 0. The molecule has 2 nitrogen and oxygen atoms in total. The Hall–Kier alpha value is -0.0800. The molecule has 0 saturated carbocycles. The van der Waals surface area contributed by atoms with Crippen LogP contribution in [-0.2, 0) is 0 Å². The van der Waals surface area contributed by atoms with Gasteiger partial charge in [0.05, 0.1) is 0 Å². The molecule has 0 spiro atoms. The van der Waals surface area contributed by atoms with Crippen LogP contribution >= 0.6 is 0 Å². The van der Waals surface area contributed by atoms with E-state index in [1.807, 2.05) is 0 Å². The maximum absolute atomic E-state index is 5.96. The van der Waals surface area contributed by atoms with Gasteiger partial charge in [0.2, 0.25) is 0 Å². The summed E-state index contributed by atoms with van der Waals surface area (Å²) in [6.07, 6.45) is 10.00. The van der Waals surface area contributed by atoms with Gasteiger partial charge in [-0.3, -0.25) is 0 Å². The first kappa shape index (κ1) is 12.9. The number of nitrogens with two attached hydrogens (primary N) is 2. The highest BCUT2D eigenvalue weighted by atomic mass is 14.6. The van der Waals surface area contributed by atoms with E-state index in [1.165, 1.54) is 38.5 Å². The number of hydrogen-bond donors (Lipinski definition) is 2. The Balaban J connectivity index is 3.05. The molecule has 0 aromatic rings. The van der Waals surface area contributed by atoms with Gasteiger partial charge in [0.15, 0.2) is 0 Å². The van der Waals surface area contributed by atoms with Crippen LogP contribution in [0.15, 0.2) is 0 Å². The van der Waals surface area contributed by atoms with Crippen LogP contribution in [0.25, 0.3) is 0 Å². The first-order valence-corrected chi connectivity index (χ1v) is 5.77. The van der Waals surface area contributed by atoms with Crippen molar-refractivity contribution in [3.63, 3.8) is 0 Å². The highest BCUT2D eigenvalue weighted by Crippen LogP contribution is 2.08. The molecule has 1 unspecified atom stereocenters. The minimum atomic E-state index is 0.420.